The fourth-order valence-electron chi connectivity index (χ4n) is 3.86. The number of aryl methyl sites for hydroxylation is 1. The highest BCUT2D eigenvalue weighted by Crippen LogP contribution is 2.39. The van der Waals surface area contributed by atoms with E-state index in [1.165, 1.54) is 18.4 Å². The highest BCUT2D eigenvalue weighted by molar-refractivity contribution is 7.22. The maximum atomic E-state index is 13.7. The van der Waals surface area contributed by atoms with E-state index < -0.39 is 0 Å². The Morgan fingerprint density at radius 2 is 1.88 bits per heavy atom. The Labute approximate surface area is 198 Å². The lowest BCUT2D eigenvalue weighted by atomic mass is 10.1. The second-order valence-electron chi connectivity index (χ2n) is 7.73. The van der Waals surface area contributed by atoms with Crippen molar-refractivity contribution >= 4 is 38.2 Å². The van der Waals surface area contributed by atoms with Gasteiger partial charge in [0, 0.05) is 17.8 Å². The van der Waals surface area contributed by atoms with Crippen LogP contribution in [0, 0.1) is 6.92 Å². The van der Waals surface area contributed by atoms with Crippen LogP contribution in [0.2, 0.25) is 0 Å². The summed E-state index contributed by atoms with van der Waals surface area (Å²) in [6.45, 7) is 2.37. The van der Waals surface area contributed by atoms with E-state index in [1.54, 1.807) is 23.2 Å². The molecule has 34 heavy (non-hydrogen) atoms. The Hall–Kier alpha value is -4.11. The van der Waals surface area contributed by atoms with Crippen molar-refractivity contribution in [1.29, 1.82) is 0 Å². The summed E-state index contributed by atoms with van der Waals surface area (Å²) in [6.07, 6.45) is 4.98. The second-order valence-corrected chi connectivity index (χ2v) is 8.75. The standard InChI is InChI=1S/C25H21N5O3S/c1-15-11-28-17(12-27-15)13-29-24(31)23-21(33-2)20-22(34-23)18-8-3-4-9-19(18)30(25(20)32)14-16-7-5-6-10-26-16/h3-12H,13-14H2,1-2H3,(H,29,31). The Morgan fingerprint density at radius 3 is 2.62 bits per heavy atom. The van der Waals surface area contributed by atoms with Crippen molar-refractivity contribution in [1.82, 2.24) is 24.8 Å². The number of rotatable bonds is 6. The number of carbonyl (C=O) groups excluding carboxylic acids is 1. The normalized spacial score (nSPS) is 11.1. The van der Waals surface area contributed by atoms with E-state index in [4.69, 9.17) is 4.74 Å². The largest absolute Gasteiger partial charge is 0.494 e. The lowest BCUT2D eigenvalue weighted by molar-refractivity contribution is 0.0952. The van der Waals surface area contributed by atoms with Crippen molar-refractivity contribution in [3.8, 4) is 5.75 Å². The van der Waals surface area contributed by atoms with Crippen molar-refractivity contribution in [2.45, 2.75) is 20.0 Å². The molecule has 8 nitrogen and oxygen atoms in total. The fourth-order valence-corrected chi connectivity index (χ4v) is 5.07. The highest BCUT2D eigenvalue weighted by Gasteiger charge is 2.25. The summed E-state index contributed by atoms with van der Waals surface area (Å²) in [5.74, 6) is -0.0572. The molecule has 0 atom stereocenters. The van der Waals surface area contributed by atoms with Crippen LogP contribution < -0.4 is 15.6 Å². The molecule has 0 aliphatic heterocycles. The van der Waals surface area contributed by atoms with E-state index in [2.05, 4.69) is 20.3 Å². The Kier molecular flexibility index (Phi) is 5.77. The number of para-hydroxylation sites is 1. The molecule has 0 saturated carbocycles. The van der Waals surface area contributed by atoms with Gasteiger partial charge in [0.1, 0.15) is 10.3 Å². The summed E-state index contributed by atoms with van der Waals surface area (Å²) >= 11 is 1.25. The van der Waals surface area contributed by atoms with Crippen LogP contribution in [0.3, 0.4) is 0 Å². The molecule has 4 heterocycles. The fraction of sp³-hybridized carbons (Fsp3) is 0.160. The molecule has 0 aliphatic carbocycles. The molecule has 5 rings (SSSR count). The zero-order valence-corrected chi connectivity index (χ0v) is 19.4. The molecule has 5 aromatic rings. The number of hydrogen-bond acceptors (Lipinski definition) is 7. The Bertz CT molecular complexity index is 1560. The van der Waals surface area contributed by atoms with Gasteiger partial charge in [-0.15, -0.1) is 11.3 Å². The molecule has 0 bridgehead atoms. The molecule has 0 aliphatic rings. The maximum absolute atomic E-state index is 13.7. The average molecular weight is 472 g/mol. The van der Waals surface area contributed by atoms with Gasteiger partial charge in [0.2, 0.25) is 0 Å². The van der Waals surface area contributed by atoms with Gasteiger partial charge in [-0.3, -0.25) is 24.5 Å². The predicted octanol–water partition coefficient (Wildman–Crippen LogP) is 3.70. The summed E-state index contributed by atoms with van der Waals surface area (Å²) in [4.78, 5) is 40.0. The maximum Gasteiger partial charge on any atom is 0.265 e. The molecule has 0 unspecified atom stereocenters. The molecule has 9 heteroatoms. The molecule has 0 spiro atoms. The number of carbonyl (C=O) groups is 1. The van der Waals surface area contributed by atoms with Gasteiger partial charge in [-0.1, -0.05) is 24.3 Å². The number of nitrogens with zero attached hydrogens (tertiary/aromatic N) is 4. The van der Waals surface area contributed by atoms with Crippen LogP contribution in [0.15, 0.2) is 65.8 Å². The molecule has 1 amide bonds. The van der Waals surface area contributed by atoms with Gasteiger partial charge < -0.3 is 14.6 Å². The van der Waals surface area contributed by atoms with Crippen LogP contribution >= 0.6 is 11.3 Å². The lowest BCUT2D eigenvalue weighted by Gasteiger charge is -2.11. The summed E-state index contributed by atoms with van der Waals surface area (Å²) in [5.41, 5.74) is 2.75. The van der Waals surface area contributed by atoms with Crippen LogP contribution in [0.4, 0.5) is 0 Å². The van der Waals surface area contributed by atoms with E-state index >= 15 is 0 Å². The third-order valence-corrected chi connectivity index (χ3v) is 6.69. The SMILES string of the molecule is COc1c(C(=O)NCc2cnc(C)cn2)sc2c1c(=O)n(Cc1ccccn1)c1ccccc21. The number of hydrogen-bond donors (Lipinski definition) is 1. The summed E-state index contributed by atoms with van der Waals surface area (Å²) in [6, 6.07) is 13.3. The first-order chi connectivity index (χ1) is 16.6. The van der Waals surface area contributed by atoms with E-state index in [-0.39, 0.29) is 23.8 Å². The van der Waals surface area contributed by atoms with Gasteiger partial charge in [0.25, 0.3) is 11.5 Å². The lowest BCUT2D eigenvalue weighted by Crippen LogP contribution is -2.24. The van der Waals surface area contributed by atoms with Gasteiger partial charge in [-0.25, -0.2) is 0 Å². The monoisotopic (exact) mass is 471 g/mol. The van der Waals surface area contributed by atoms with Gasteiger partial charge in [-0.2, -0.15) is 0 Å². The Morgan fingerprint density at radius 1 is 1.06 bits per heavy atom. The second kappa shape index (κ2) is 9.03. The number of thiophene rings is 1. The zero-order chi connectivity index (χ0) is 23.7. The highest BCUT2D eigenvalue weighted by atomic mass is 32.1. The molecule has 1 N–H and O–H groups in total. The third kappa shape index (κ3) is 3.90. The van der Waals surface area contributed by atoms with Gasteiger partial charge >= 0.3 is 0 Å². The van der Waals surface area contributed by atoms with Crippen LogP contribution in [0.25, 0.3) is 21.0 Å². The molecule has 0 fully saturated rings. The summed E-state index contributed by atoms with van der Waals surface area (Å²) < 4.78 is 8.01. The van der Waals surface area contributed by atoms with E-state index in [0.29, 0.717) is 22.5 Å². The number of nitrogens with one attached hydrogen (secondary N) is 1. The van der Waals surface area contributed by atoms with Crippen molar-refractivity contribution in [2.75, 3.05) is 7.11 Å². The summed E-state index contributed by atoms with van der Waals surface area (Å²) in [7, 11) is 1.47. The number of fused-ring (bicyclic) bond motifs is 3. The van der Waals surface area contributed by atoms with Gasteiger partial charge in [0.15, 0.2) is 5.75 Å². The first-order valence-corrected chi connectivity index (χ1v) is 11.5. The first-order valence-electron chi connectivity index (χ1n) is 10.6. The topological polar surface area (TPSA) is 99.0 Å². The van der Waals surface area contributed by atoms with E-state index in [1.807, 2.05) is 49.4 Å². The van der Waals surface area contributed by atoms with Crippen LogP contribution in [0.1, 0.15) is 26.8 Å². The molecule has 1 aromatic carbocycles. The predicted molar refractivity (Wildman–Crippen MR) is 131 cm³/mol. The number of aromatic nitrogens is 4. The molecule has 0 saturated heterocycles. The minimum atomic E-state index is -0.333. The van der Waals surface area contributed by atoms with Crippen molar-refractivity contribution in [2.24, 2.45) is 0 Å². The Balaban J connectivity index is 1.61. The number of benzene rings is 1. The quantitative estimate of drug-likeness (QED) is 0.406. The summed E-state index contributed by atoms with van der Waals surface area (Å²) in [5, 5.41) is 4.13. The molecule has 170 valence electrons. The number of amides is 1. The van der Waals surface area contributed by atoms with E-state index in [0.717, 1.165) is 27.0 Å². The van der Waals surface area contributed by atoms with Crippen LogP contribution in [0.5, 0.6) is 5.75 Å². The van der Waals surface area contributed by atoms with Gasteiger partial charge in [0.05, 0.1) is 53.7 Å². The van der Waals surface area contributed by atoms with Crippen molar-refractivity contribution in [3.05, 3.63) is 93.4 Å². The molecule has 0 radical (unpaired) electrons. The molecular weight excluding hydrogens is 450 g/mol. The van der Waals surface area contributed by atoms with Crippen LogP contribution in [-0.2, 0) is 13.1 Å². The van der Waals surface area contributed by atoms with E-state index in [9.17, 15) is 9.59 Å². The smallest absolute Gasteiger partial charge is 0.265 e. The number of ether oxygens (including phenoxy) is 1. The average Bonchev–Trinajstić information content (AvgIpc) is 3.27. The van der Waals surface area contributed by atoms with Crippen molar-refractivity contribution in [3.63, 3.8) is 0 Å². The van der Waals surface area contributed by atoms with Gasteiger partial charge in [-0.05, 0) is 25.1 Å². The van der Waals surface area contributed by atoms with Crippen LogP contribution in [-0.4, -0.2) is 32.5 Å². The molecule has 4 aromatic heterocycles. The minimum absolute atomic E-state index is 0.216. The number of methoxy groups -OCH3 is 1. The number of pyridine rings is 2. The zero-order valence-electron chi connectivity index (χ0n) is 18.6. The molecular formula is C25H21N5O3S. The minimum Gasteiger partial charge on any atom is -0.494 e. The van der Waals surface area contributed by atoms with Crippen molar-refractivity contribution < 1.29 is 9.53 Å². The first kappa shape index (κ1) is 21.7. The third-order valence-electron chi connectivity index (χ3n) is 5.48.